The molecule has 4 rings (SSSR count). The highest BCUT2D eigenvalue weighted by molar-refractivity contribution is 6.03. The van der Waals surface area contributed by atoms with E-state index < -0.39 is 23.8 Å². The standard InChI is InChI=1S/C20H18F2N6O/c1-10-8-24-15(7-23)17(22)19(10)28(3)11-4-14(26-20(29)12-6-13(12)21)18-16(5-11)27(2)9-25-18/h4-5,8-9,12-13H,6H2,1-3H3,(H,26,29)/t12-,13+/m0/s1. The van der Waals surface area contributed by atoms with Gasteiger partial charge in [-0.05, 0) is 31.0 Å². The third kappa shape index (κ3) is 3.16. The lowest BCUT2D eigenvalue weighted by molar-refractivity contribution is -0.117. The van der Waals surface area contributed by atoms with Gasteiger partial charge in [-0.3, -0.25) is 4.79 Å². The van der Waals surface area contributed by atoms with Crippen LogP contribution in [-0.4, -0.2) is 33.7 Å². The van der Waals surface area contributed by atoms with Crippen molar-refractivity contribution < 1.29 is 13.6 Å². The predicted octanol–water partition coefficient (Wildman–Crippen LogP) is 3.35. The first-order valence-electron chi connectivity index (χ1n) is 9.00. The maximum absolute atomic E-state index is 14.8. The summed E-state index contributed by atoms with van der Waals surface area (Å²) in [4.78, 5) is 22.0. The summed E-state index contributed by atoms with van der Waals surface area (Å²) >= 11 is 0. The van der Waals surface area contributed by atoms with Gasteiger partial charge in [0, 0.05) is 26.0 Å². The third-order valence-corrected chi connectivity index (χ3v) is 5.13. The highest BCUT2D eigenvalue weighted by Gasteiger charge is 2.43. The normalized spacial score (nSPS) is 17.8. The van der Waals surface area contributed by atoms with Gasteiger partial charge in [-0.2, -0.15) is 5.26 Å². The van der Waals surface area contributed by atoms with Crippen molar-refractivity contribution in [3.63, 3.8) is 0 Å². The highest BCUT2D eigenvalue weighted by atomic mass is 19.1. The summed E-state index contributed by atoms with van der Waals surface area (Å²) in [5.41, 5.74) is 2.72. The molecule has 9 heteroatoms. The maximum Gasteiger partial charge on any atom is 0.230 e. The number of anilines is 3. The molecular formula is C20H18F2N6O. The smallest absolute Gasteiger partial charge is 0.230 e. The second-order valence-corrected chi connectivity index (χ2v) is 7.19. The Balaban J connectivity index is 1.81. The molecule has 7 nitrogen and oxygen atoms in total. The summed E-state index contributed by atoms with van der Waals surface area (Å²) in [5.74, 6) is -1.76. The fraction of sp³-hybridized carbons (Fsp3) is 0.300. The summed E-state index contributed by atoms with van der Waals surface area (Å²) in [7, 11) is 3.46. The van der Waals surface area contributed by atoms with Crippen LogP contribution >= 0.6 is 0 Å². The number of alkyl halides is 1. The van der Waals surface area contributed by atoms with Gasteiger partial charge in [0.05, 0.1) is 29.1 Å². The molecule has 0 bridgehead atoms. The minimum Gasteiger partial charge on any atom is -0.342 e. The second kappa shape index (κ2) is 6.81. The number of aryl methyl sites for hydroxylation is 2. The Morgan fingerprint density at radius 2 is 2.14 bits per heavy atom. The van der Waals surface area contributed by atoms with E-state index in [1.54, 1.807) is 55.0 Å². The largest absolute Gasteiger partial charge is 0.342 e. The number of halogens is 2. The molecule has 1 N–H and O–H groups in total. The summed E-state index contributed by atoms with van der Waals surface area (Å²) in [6.45, 7) is 1.70. The molecule has 1 aliphatic rings. The molecule has 2 heterocycles. The van der Waals surface area contributed by atoms with Crippen LogP contribution < -0.4 is 10.2 Å². The summed E-state index contributed by atoms with van der Waals surface area (Å²) in [6, 6.07) is 5.21. The van der Waals surface area contributed by atoms with E-state index in [4.69, 9.17) is 5.26 Å². The minimum absolute atomic E-state index is 0.210. The van der Waals surface area contributed by atoms with Crippen LogP contribution in [0.4, 0.5) is 25.8 Å². The van der Waals surface area contributed by atoms with Crippen LogP contribution in [0.25, 0.3) is 11.0 Å². The topological polar surface area (TPSA) is 86.8 Å². The van der Waals surface area contributed by atoms with Crippen LogP contribution in [0.15, 0.2) is 24.7 Å². The van der Waals surface area contributed by atoms with Gasteiger partial charge in [-0.15, -0.1) is 0 Å². The van der Waals surface area contributed by atoms with Gasteiger partial charge in [0.1, 0.15) is 17.8 Å². The minimum atomic E-state index is -1.11. The molecule has 29 heavy (non-hydrogen) atoms. The van der Waals surface area contributed by atoms with Gasteiger partial charge in [-0.25, -0.2) is 18.7 Å². The fourth-order valence-electron chi connectivity index (χ4n) is 3.35. The Labute approximate surface area is 165 Å². The zero-order valence-electron chi connectivity index (χ0n) is 16.1. The maximum atomic E-state index is 14.8. The number of amides is 1. The van der Waals surface area contributed by atoms with Crippen molar-refractivity contribution in [3.8, 4) is 6.07 Å². The van der Waals surface area contributed by atoms with Crippen LogP contribution in [0.5, 0.6) is 0 Å². The molecule has 0 saturated heterocycles. The molecule has 1 aliphatic carbocycles. The van der Waals surface area contributed by atoms with Crippen LogP contribution in [0.3, 0.4) is 0 Å². The molecule has 1 saturated carbocycles. The van der Waals surface area contributed by atoms with Crippen molar-refractivity contribution >= 4 is 34.0 Å². The van der Waals surface area contributed by atoms with Crippen molar-refractivity contribution in [3.05, 3.63) is 41.7 Å². The number of carbonyl (C=O) groups excluding carboxylic acids is 1. The number of nitrogens with one attached hydrogen (secondary N) is 1. The first kappa shape index (κ1) is 18.8. The lowest BCUT2D eigenvalue weighted by atomic mass is 10.1. The van der Waals surface area contributed by atoms with E-state index in [1.807, 2.05) is 0 Å². The molecule has 0 aliphatic heterocycles. The summed E-state index contributed by atoms with van der Waals surface area (Å²) in [5, 5.41) is 11.8. The zero-order valence-corrected chi connectivity index (χ0v) is 16.1. The number of nitriles is 1. The highest BCUT2D eigenvalue weighted by Crippen LogP contribution is 2.38. The second-order valence-electron chi connectivity index (χ2n) is 7.19. The van der Waals surface area contributed by atoms with E-state index in [2.05, 4.69) is 15.3 Å². The van der Waals surface area contributed by atoms with Crippen molar-refractivity contribution in [2.45, 2.75) is 19.5 Å². The number of aromatic nitrogens is 3. The number of nitrogens with zero attached hydrogens (tertiary/aromatic N) is 5. The molecule has 1 amide bonds. The van der Waals surface area contributed by atoms with E-state index in [0.29, 0.717) is 28.0 Å². The number of carbonyl (C=O) groups is 1. The number of pyridine rings is 1. The molecule has 148 valence electrons. The van der Waals surface area contributed by atoms with E-state index in [0.717, 1.165) is 0 Å². The quantitative estimate of drug-likeness (QED) is 0.731. The zero-order chi connectivity index (χ0) is 20.9. The van der Waals surface area contributed by atoms with Gasteiger partial charge < -0.3 is 14.8 Å². The van der Waals surface area contributed by atoms with Gasteiger partial charge >= 0.3 is 0 Å². The molecule has 0 unspecified atom stereocenters. The molecule has 1 aromatic carbocycles. The molecule has 1 fully saturated rings. The molecule has 2 aromatic heterocycles. The fourth-order valence-corrected chi connectivity index (χ4v) is 3.35. The monoisotopic (exact) mass is 396 g/mol. The predicted molar refractivity (Wildman–Crippen MR) is 104 cm³/mol. The van der Waals surface area contributed by atoms with Gasteiger partial charge in [0.15, 0.2) is 11.5 Å². The molecule has 0 spiro atoms. The number of hydrogen-bond acceptors (Lipinski definition) is 5. The van der Waals surface area contributed by atoms with Crippen molar-refractivity contribution in [2.24, 2.45) is 13.0 Å². The molecule has 0 radical (unpaired) electrons. The SMILES string of the molecule is Cc1cnc(C#N)c(F)c1N(C)c1cc(NC(=O)[C@H]2C[C@H]2F)c2ncn(C)c2c1. The van der Waals surface area contributed by atoms with Crippen molar-refractivity contribution in [1.82, 2.24) is 14.5 Å². The number of imidazole rings is 1. The average Bonchev–Trinajstić information content (AvgIpc) is 3.31. The number of hydrogen-bond donors (Lipinski definition) is 1. The number of rotatable bonds is 4. The first-order valence-corrected chi connectivity index (χ1v) is 9.00. The lowest BCUT2D eigenvalue weighted by Crippen LogP contribution is -2.17. The number of fused-ring (bicyclic) bond motifs is 1. The van der Waals surface area contributed by atoms with Gasteiger partial charge in [-0.1, -0.05) is 0 Å². The van der Waals surface area contributed by atoms with Crippen LogP contribution in [0.2, 0.25) is 0 Å². The van der Waals surface area contributed by atoms with Gasteiger partial charge in [0.2, 0.25) is 5.91 Å². The Bertz CT molecular complexity index is 1180. The molecule has 2 atom stereocenters. The molecule has 3 aromatic rings. The Hall–Kier alpha value is -3.54. The third-order valence-electron chi connectivity index (χ3n) is 5.13. The van der Waals surface area contributed by atoms with Crippen LogP contribution in [0.1, 0.15) is 17.7 Å². The average molecular weight is 396 g/mol. The Kier molecular flexibility index (Phi) is 4.42. The summed E-state index contributed by atoms with van der Waals surface area (Å²) in [6.07, 6.45) is 2.14. The molecular weight excluding hydrogens is 378 g/mol. The van der Waals surface area contributed by atoms with Gasteiger partial charge in [0.25, 0.3) is 0 Å². The van der Waals surface area contributed by atoms with Crippen molar-refractivity contribution in [2.75, 3.05) is 17.3 Å². The Morgan fingerprint density at radius 1 is 1.41 bits per heavy atom. The first-order chi connectivity index (χ1) is 13.8. The lowest BCUT2D eigenvalue weighted by Gasteiger charge is -2.23. The summed E-state index contributed by atoms with van der Waals surface area (Å²) < 4.78 is 29.9. The van der Waals surface area contributed by atoms with E-state index >= 15 is 0 Å². The van der Waals surface area contributed by atoms with Crippen LogP contribution in [0, 0.1) is 30.0 Å². The van der Waals surface area contributed by atoms with E-state index in [-0.39, 0.29) is 17.8 Å². The number of benzene rings is 1. The van der Waals surface area contributed by atoms with Crippen LogP contribution in [-0.2, 0) is 11.8 Å². The Morgan fingerprint density at radius 3 is 2.79 bits per heavy atom. The van der Waals surface area contributed by atoms with E-state index in [1.165, 1.54) is 6.20 Å². The van der Waals surface area contributed by atoms with E-state index in [9.17, 15) is 13.6 Å². The van der Waals surface area contributed by atoms with Crippen molar-refractivity contribution in [1.29, 1.82) is 5.26 Å².